The van der Waals surface area contributed by atoms with Gasteiger partial charge in [-0.3, -0.25) is 4.90 Å². The van der Waals surface area contributed by atoms with Crippen LogP contribution in [0.1, 0.15) is 12.8 Å². The molecule has 2 rings (SSSR count). The van der Waals surface area contributed by atoms with Crippen molar-refractivity contribution in [2.45, 2.75) is 19.1 Å². The van der Waals surface area contributed by atoms with Crippen molar-refractivity contribution >= 4 is 23.2 Å². The van der Waals surface area contributed by atoms with Gasteiger partial charge in [-0.05, 0) is 31.0 Å². The van der Waals surface area contributed by atoms with Crippen molar-refractivity contribution in [2.75, 3.05) is 26.8 Å². The van der Waals surface area contributed by atoms with Crippen LogP contribution < -0.4 is 4.74 Å². The lowest BCUT2D eigenvalue weighted by Crippen LogP contribution is -2.40. The zero-order valence-electron chi connectivity index (χ0n) is 10.4. The minimum Gasteiger partial charge on any atom is -0.471 e. The quantitative estimate of drug-likeness (QED) is 0.829. The highest BCUT2D eigenvalue weighted by Gasteiger charge is 2.24. The predicted molar refractivity (Wildman–Crippen MR) is 73.6 cm³/mol. The highest BCUT2D eigenvalue weighted by molar-refractivity contribution is 6.35. The van der Waals surface area contributed by atoms with Crippen LogP contribution in [0.5, 0.6) is 5.75 Å². The van der Waals surface area contributed by atoms with Crippen LogP contribution in [-0.2, 0) is 4.74 Å². The van der Waals surface area contributed by atoms with Crippen LogP contribution >= 0.6 is 23.2 Å². The molecule has 1 heterocycles. The fourth-order valence-corrected chi connectivity index (χ4v) is 2.56. The van der Waals surface area contributed by atoms with Crippen LogP contribution in [0, 0.1) is 0 Å². The molecule has 1 atom stereocenters. The minimum absolute atomic E-state index is 0.0869. The number of likely N-dealkylation sites (tertiary alicyclic amines) is 1. The molecule has 1 aliphatic rings. The first-order chi connectivity index (χ1) is 8.70. The third-order valence-electron chi connectivity index (χ3n) is 3.01. The Kier molecular flexibility index (Phi) is 5.13. The second-order valence-corrected chi connectivity index (χ2v) is 5.19. The summed E-state index contributed by atoms with van der Waals surface area (Å²) in [6.07, 6.45) is 2.33. The van der Waals surface area contributed by atoms with E-state index in [1.807, 2.05) is 0 Å². The van der Waals surface area contributed by atoms with Crippen molar-refractivity contribution < 1.29 is 9.47 Å². The monoisotopic (exact) mass is 289 g/mol. The second-order valence-electron chi connectivity index (χ2n) is 4.35. The number of benzene rings is 1. The SMILES string of the molecule is COCC(Oc1ccc(Cl)cc1Cl)N1CCCC1. The zero-order chi connectivity index (χ0) is 13.0. The van der Waals surface area contributed by atoms with Crippen LogP contribution in [0.2, 0.25) is 10.0 Å². The molecule has 1 fully saturated rings. The molecule has 1 saturated heterocycles. The lowest BCUT2D eigenvalue weighted by atomic mass is 10.3. The van der Waals surface area contributed by atoms with Gasteiger partial charge in [0.1, 0.15) is 5.75 Å². The lowest BCUT2D eigenvalue weighted by Gasteiger charge is -2.27. The summed E-state index contributed by atoms with van der Waals surface area (Å²) in [4.78, 5) is 2.27. The summed E-state index contributed by atoms with van der Waals surface area (Å²) in [6.45, 7) is 2.61. The fourth-order valence-electron chi connectivity index (χ4n) is 2.10. The Labute approximate surface area is 118 Å². The largest absolute Gasteiger partial charge is 0.471 e. The molecule has 1 unspecified atom stereocenters. The van der Waals surface area contributed by atoms with Gasteiger partial charge in [0.2, 0.25) is 0 Å². The van der Waals surface area contributed by atoms with E-state index in [0.717, 1.165) is 13.1 Å². The topological polar surface area (TPSA) is 21.7 Å². The van der Waals surface area contributed by atoms with Gasteiger partial charge >= 0.3 is 0 Å². The van der Waals surface area contributed by atoms with Gasteiger partial charge in [0, 0.05) is 25.2 Å². The second kappa shape index (κ2) is 6.62. The van der Waals surface area contributed by atoms with E-state index in [4.69, 9.17) is 32.7 Å². The Morgan fingerprint density at radius 3 is 2.61 bits per heavy atom. The summed E-state index contributed by atoms with van der Waals surface area (Å²) in [5, 5.41) is 1.14. The van der Waals surface area contributed by atoms with Crippen LogP contribution in [0.25, 0.3) is 0 Å². The molecule has 0 amide bonds. The normalized spacial score (nSPS) is 17.9. The molecule has 3 nitrogen and oxygen atoms in total. The molecular weight excluding hydrogens is 273 g/mol. The van der Waals surface area contributed by atoms with Gasteiger partial charge in [0.25, 0.3) is 0 Å². The van der Waals surface area contributed by atoms with E-state index in [1.54, 1.807) is 25.3 Å². The van der Waals surface area contributed by atoms with Crippen LogP contribution in [0.15, 0.2) is 18.2 Å². The predicted octanol–water partition coefficient (Wildman–Crippen LogP) is 3.44. The van der Waals surface area contributed by atoms with E-state index in [2.05, 4.69) is 4.90 Å². The van der Waals surface area contributed by atoms with Crippen LogP contribution in [0.4, 0.5) is 0 Å². The number of halogens is 2. The maximum atomic E-state index is 6.11. The van der Waals surface area contributed by atoms with Crippen molar-refractivity contribution in [1.29, 1.82) is 0 Å². The van der Waals surface area contributed by atoms with Gasteiger partial charge in [0.15, 0.2) is 6.23 Å². The van der Waals surface area contributed by atoms with Gasteiger partial charge in [-0.2, -0.15) is 0 Å². The molecule has 0 N–H and O–H groups in total. The van der Waals surface area contributed by atoms with Crippen molar-refractivity contribution in [3.63, 3.8) is 0 Å². The highest BCUT2D eigenvalue weighted by atomic mass is 35.5. The van der Waals surface area contributed by atoms with Gasteiger partial charge in [-0.15, -0.1) is 0 Å². The molecule has 1 aliphatic heterocycles. The third-order valence-corrected chi connectivity index (χ3v) is 3.54. The fraction of sp³-hybridized carbons (Fsp3) is 0.538. The highest BCUT2D eigenvalue weighted by Crippen LogP contribution is 2.29. The first-order valence-electron chi connectivity index (χ1n) is 6.05. The molecule has 5 heteroatoms. The van der Waals surface area contributed by atoms with Crippen molar-refractivity contribution in [3.05, 3.63) is 28.2 Å². The first-order valence-corrected chi connectivity index (χ1v) is 6.81. The Balaban J connectivity index is 2.07. The Morgan fingerprint density at radius 2 is 2.00 bits per heavy atom. The van der Waals surface area contributed by atoms with E-state index in [-0.39, 0.29) is 6.23 Å². The van der Waals surface area contributed by atoms with E-state index in [9.17, 15) is 0 Å². The molecular formula is C13H17Cl2NO2. The zero-order valence-corrected chi connectivity index (χ0v) is 11.9. The number of rotatable bonds is 5. The van der Waals surface area contributed by atoms with Crippen molar-refractivity contribution in [1.82, 2.24) is 4.90 Å². The third kappa shape index (κ3) is 3.51. The van der Waals surface area contributed by atoms with E-state index < -0.39 is 0 Å². The summed E-state index contributed by atoms with van der Waals surface area (Å²) >= 11 is 12.0. The number of ether oxygens (including phenoxy) is 2. The Hall–Kier alpha value is -0.480. The van der Waals surface area contributed by atoms with Gasteiger partial charge in [-0.25, -0.2) is 0 Å². The number of hydrogen-bond donors (Lipinski definition) is 0. The smallest absolute Gasteiger partial charge is 0.176 e. The first kappa shape index (κ1) is 13.9. The molecule has 0 radical (unpaired) electrons. The average Bonchev–Trinajstić information content (AvgIpc) is 2.85. The number of nitrogens with zero attached hydrogens (tertiary/aromatic N) is 1. The van der Waals surface area contributed by atoms with Gasteiger partial charge in [-0.1, -0.05) is 23.2 Å². The van der Waals surface area contributed by atoms with Crippen LogP contribution in [-0.4, -0.2) is 37.9 Å². The Bertz CT molecular complexity index is 395. The number of hydrogen-bond acceptors (Lipinski definition) is 3. The molecule has 0 spiro atoms. The summed E-state index contributed by atoms with van der Waals surface area (Å²) in [5.41, 5.74) is 0. The van der Waals surface area contributed by atoms with E-state index in [1.165, 1.54) is 12.8 Å². The van der Waals surface area contributed by atoms with E-state index in [0.29, 0.717) is 22.4 Å². The number of methoxy groups -OCH3 is 1. The molecule has 1 aromatic rings. The summed E-state index contributed by atoms with van der Waals surface area (Å²) in [5.74, 6) is 0.648. The molecule has 0 bridgehead atoms. The van der Waals surface area contributed by atoms with Crippen molar-refractivity contribution in [3.8, 4) is 5.75 Å². The lowest BCUT2D eigenvalue weighted by molar-refractivity contribution is -0.0174. The molecule has 18 heavy (non-hydrogen) atoms. The minimum atomic E-state index is -0.0869. The van der Waals surface area contributed by atoms with Crippen LogP contribution in [0.3, 0.4) is 0 Å². The Morgan fingerprint density at radius 1 is 1.28 bits per heavy atom. The average molecular weight is 290 g/mol. The maximum Gasteiger partial charge on any atom is 0.176 e. The molecule has 100 valence electrons. The molecule has 1 aromatic carbocycles. The van der Waals surface area contributed by atoms with Gasteiger partial charge < -0.3 is 9.47 Å². The summed E-state index contributed by atoms with van der Waals surface area (Å²) in [6, 6.07) is 5.26. The molecule has 0 aromatic heterocycles. The van der Waals surface area contributed by atoms with Crippen molar-refractivity contribution in [2.24, 2.45) is 0 Å². The van der Waals surface area contributed by atoms with Gasteiger partial charge in [0.05, 0.1) is 11.6 Å². The molecule has 0 saturated carbocycles. The standard InChI is InChI=1S/C13H17Cl2NO2/c1-17-9-13(16-6-2-3-7-16)18-12-5-4-10(14)8-11(12)15/h4-5,8,13H,2-3,6-7,9H2,1H3. The maximum absolute atomic E-state index is 6.11. The summed E-state index contributed by atoms with van der Waals surface area (Å²) in [7, 11) is 1.68. The summed E-state index contributed by atoms with van der Waals surface area (Å²) < 4.78 is 11.2. The van der Waals surface area contributed by atoms with E-state index >= 15 is 0 Å². The molecule has 0 aliphatic carbocycles.